The third kappa shape index (κ3) is 3.39. The molecule has 0 heterocycles. The molecule has 0 fully saturated rings. The molecule has 0 aliphatic carbocycles. The summed E-state index contributed by atoms with van der Waals surface area (Å²) in [6.07, 6.45) is 0.536. The summed E-state index contributed by atoms with van der Waals surface area (Å²) >= 11 is 3.37. The second-order valence-corrected chi connectivity index (χ2v) is 5.40. The van der Waals surface area contributed by atoms with Crippen molar-refractivity contribution in [1.82, 2.24) is 0 Å². The van der Waals surface area contributed by atoms with Crippen molar-refractivity contribution in [3.8, 4) is 0 Å². The first-order chi connectivity index (χ1) is 8.97. The van der Waals surface area contributed by atoms with E-state index >= 15 is 0 Å². The second-order valence-electron chi connectivity index (χ2n) is 4.55. The number of hydrogen-bond donors (Lipinski definition) is 1. The van der Waals surface area contributed by atoms with Gasteiger partial charge in [-0.25, -0.2) is 8.78 Å². The highest BCUT2D eigenvalue weighted by atomic mass is 79.9. The fourth-order valence-corrected chi connectivity index (χ4v) is 2.57. The molecular weight excluding hydrogens is 312 g/mol. The predicted molar refractivity (Wildman–Crippen MR) is 75.9 cm³/mol. The smallest absolute Gasteiger partial charge is 0.123 e. The Morgan fingerprint density at radius 2 is 1.74 bits per heavy atom. The van der Waals surface area contributed by atoms with Crippen molar-refractivity contribution in [1.29, 1.82) is 0 Å². The van der Waals surface area contributed by atoms with E-state index in [2.05, 4.69) is 15.9 Å². The summed E-state index contributed by atoms with van der Waals surface area (Å²) in [6, 6.07) is 8.71. The molecule has 1 atom stereocenters. The minimum Gasteiger partial charge on any atom is -0.324 e. The molecule has 0 aliphatic rings. The summed E-state index contributed by atoms with van der Waals surface area (Å²) in [7, 11) is 0. The zero-order chi connectivity index (χ0) is 14.0. The van der Waals surface area contributed by atoms with E-state index in [-0.39, 0.29) is 17.7 Å². The molecule has 2 N–H and O–H groups in total. The molecule has 1 unspecified atom stereocenters. The minimum absolute atomic E-state index is 0.262. The van der Waals surface area contributed by atoms with Gasteiger partial charge in [0, 0.05) is 10.5 Å². The van der Waals surface area contributed by atoms with Gasteiger partial charge in [0.2, 0.25) is 0 Å². The van der Waals surface area contributed by atoms with Crippen LogP contribution in [0, 0.1) is 18.6 Å². The summed E-state index contributed by atoms with van der Waals surface area (Å²) in [6.45, 7) is 1.84. The van der Waals surface area contributed by atoms with E-state index in [1.807, 2.05) is 6.92 Å². The highest BCUT2D eigenvalue weighted by molar-refractivity contribution is 9.10. The minimum atomic E-state index is -0.339. The Bertz CT molecular complexity index is 599. The van der Waals surface area contributed by atoms with Gasteiger partial charge in [-0.15, -0.1) is 0 Å². The van der Waals surface area contributed by atoms with E-state index < -0.39 is 0 Å². The van der Waals surface area contributed by atoms with Crippen molar-refractivity contribution in [3.63, 3.8) is 0 Å². The van der Waals surface area contributed by atoms with Crippen LogP contribution in [0.2, 0.25) is 0 Å². The molecule has 0 amide bonds. The third-order valence-electron chi connectivity index (χ3n) is 3.10. The Morgan fingerprint density at radius 3 is 2.42 bits per heavy atom. The van der Waals surface area contributed by atoms with E-state index in [4.69, 9.17) is 5.73 Å². The van der Waals surface area contributed by atoms with Gasteiger partial charge in [0.15, 0.2) is 0 Å². The van der Waals surface area contributed by atoms with Crippen LogP contribution in [0.3, 0.4) is 0 Å². The number of halogens is 3. The van der Waals surface area contributed by atoms with Crippen LogP contribution < -0.4 is 5.73 Å². The Hall–Kier alpha value is -1.26. The summed E-state index contributed by atoms with van der Waals surface area (Å²) in [5.41, 5.74) is 8.64. The van der Waals surface area contributed by atoms with Gasteiger partial charge in [0.1, 0.15) is 11.6 Å². The molecule has 0 saturated carbocycles. The predicted octanol–water partition coefficient (Wildman–Crippen LogP) is 4.28. The lowest BCUT2D eigenvalue weighted by Crippen LogP contribution is -2.15. The normalized spacial score (nSPS) is 12.5. The Balaban J connectivity index is 2.25. The fourth-order valence-electron chi connectivity index (χ4n) is 2.03. The van der Waals surface area contributed by atoms with Crippen LogP contribution in [0.25, 0.3) is 0 Å². The molecule has 1 nitrogen and oxygen atoms in total. The average Bonchev–Trinajstić information content (AvgIpc) is 2.35. The Kier molecular flexibility index (Phi) is 4.32. The van der Waals surface area contributed by atoms with Gasteiger partial charge >= 0.3 is 0 Å². The van der Waals surface area contributed by atoms with E-state index in [0.29, 0.717) is 12.0 Å². The van der Waals surface area contributed by atoms with Gasteiger partial charge in [0.25, 0.3) is 0 Å². The van der Waals surface area contributed by atoms with Crippen LogP contribution in [0.4, 0.5) is 8.78 Å². The number of hydrogen-bond acceptors (Lipinski definition) is 1. The lowest BCUT2D eigenvalue weighted by Gasteiger charge is -2.15. The van der Waals surface area contributed by atoms with Crippen LogP contribution in [-0.2, 0) is 6.42 Å². The Morgan fingerprint density at radius 1 is 1.11 bits per heavy atom. The summed E-state index contributed by atoms with van der Waals surface area (Å²) in [5, 5.41) is 0. The van der Waals surface area contributed by atoms with Crippen LogP contribution in [0.1, 0.15) is 22.7 Å². The average molecular weight is 326 g/mol. The molecule has 0 aliphatic heterocycles. The van der Waals surface area contributed by atoms with E-state index in [1.54, 1.807) is 12.1 Å². The number of rotatable bonds is 3. The van der Waals surface area contributed by atoms with Gasteiger partial charge in [0.05, 0.1) is 0 Å². The first kappa shape index (κ1) is 14.2. The molecule has 2 aromatic rings. The lowest BCUT2D eigenvalue weighted by molar-refractivity contribution is 0.615. The number of benzene rings is 2. The lowest BCUT2D eigenvalue weighted by atomic mass is 9.96. The van der Waals surface area contributed by atoms with Gasteiger partial charge in [-0.2, -0.15) is 0 Å². The summed E-state index contributed by atoms with van der Waals surface area (Å²) in [4.78, 5) is 0. The van der Waals surface area contributed by atoms with Gasteiger partial charge in [-0.3, -0.25) is 0 Å². The van der Waals surface area contributed by atoms with Gasteiger partial charge in [-0.1, -0.05) is 22.0 Å². The quantitative estimate of drug-likeness (QED) is 0.895. The molecule has 2 aromatic carbocycles. The maximum absolute atomic E-state index is 13.3. The van der Waals surface area contributed by atoms with Gasteiger partial charge < -0.3 is 5.73 Å². The number of aryl methyl sites for hydroxylation is 1. The highest BCUT2D eigenvalue weighted by Crippen LogP contribution is 2.26. The topological polar surface area (TPSA) is 26.0 Å². The van der Waals surface area contributed by atoms with Crippen LogP contribution in [0.15, 0.2) is 40.9 Å². The molecule has 0 aromatic heterocycles. The monoisotopic (exact) mass is 325 g/mol. The third-order valence-corrected chi connectivity index (χ3v) is 3.82. The maximum atomic E-state index is 13.3. The van der Waals surface area contributed by atoms with E-state index in [0.717, 1.165) is 15.6 Å². The zero-order valence-corrected chi connectivity index (χ0v) is 12.0. The zero-order valence-electron chi connectivity index (χ0n) is 10.5. The molecule has 19 heavy (non-hydrogen) atoms. The summed E-state index contributed by atoms with van der Waals surface area (Å²) < 4.78 is 27.1. The standard InChI is InChI=1S/C15H14BrF2N/c1-9-6-11(17)3-2-10(9)7-15(19)13-8-12(18)4-5-14(13)16/h2-6,8,15H,7,19H2,1H3. The van der Waals surface area contributed by atoms with Crippen molar-refractivity contribution in [2.24, 2.45) is 5.73 Å². The maximum Gasteiger partial charge on any atom is 0.123 e. The molecule has 2 rings (SSSR count). The molecule has 0 bridgehead atoms. The fraction of sp³-hybridized carbons (Fsp3) is 0.200. The van der Waals surface area contributed by atoms with Crippen molar-refractivity contribution in [2.75, 3.05) is 0 Å². The molecule has 0 saturated heterocycles. The van der Waals surface area contributed by atoms with Crippen molar-refractivity contribution in [2.45, 2.75) is 19.4 Å². The van der Waals surface area contributed by atoms with Crippen LogP contribution >= 0.6 is 15.9 Å². The van der Waals surface area contributed by atoms with Crippen molar-refractivity contribution >= 4 is 15.9 Å². The summed E-state index contributed by atoms with van der Waals surface area (Å²) in [5.74, 6) is -0.578. The van der Waals surface area contributed by atoms with Crippen molar-refractivity contribution in [3.05, 3.63) is 69.2 Å². The van der Waals surface area contributed by atoms with Crippen molar-refractivity contribution < 1.29 is 8.78 Å². The SMILES string of the molecule is Cc1cc(F)ccc1CC(N)c1cc(F)ccc1Br. The van der Waals surface area contributed by atoms with Gasteiger partial charge in [-0.05, 0) is 60.4 Å². The van der Waals surface area contributed by atoms with E-state index in [1.165, 1.54) is 24.3 Å². The molecule has 0 radical (unpaired) electrons. The molecule has 4 heteroatoms. The van der Waals surface area contributed by atoms with Crippen LogP contribution in [-0.4, -0.2) is 0 Å². The highest BCUT2D eigenvalue weighted by Gasteiger charge is 2.13. The molecule has 0 spiro atoms. The number of nitrogens with two attached hydrogens (primary N) is 1. The largest absolute Gasteiger partial charge is 0.324 e. The Labute approximate surface area is 119 Å². The second kappa shape index (κ2) is 5.80. The van der Waals surface area contributed by atoms with E-state index in [9.17, 15) is 8.78 Å². The van der Waals surface area contributed by atoms with Crippen LogP contribution in [0.5, 0.6) is 0 Å². The first-order valence-corrected chi connectivity index (χ1v) is 6.72. The molecule has 100 valence electrons. The first-order valence-electron chi connectivity index (χ1n) is 5.93. The molecular formula is C15H14BrF2N.